The minimum atomic E-state index is -4.43. The number of carbonyl (C=O) groups is 1. The summed E-state index contributed by atoms with van der Waals surface area (Å²) < 4.78 is 38.9. The van der Waals surface area contributed by atoms with Crippen LogP contribution in [0.3, 0.4) is 0 Å². The average molecular weight is 414 g/mol. The Morgan fingerprint density at radius 3 is 2.43 bits per heavy atom. The first-order valence-corrected chi connectivity index (χ1v) is 9.47. The summed E-state index contributed by atoms with van der Waals surface area (Å²) in [6.07, 6.45) is 1.84. The zero-order valence-corrected chi connectivity index (χ0v) is 16.3. The maximum absolute atomic E-state index is 13.0. The third-order valence-corrected chi connectivity index (χ3v) is 4.49. The summed E-state index contributed by atoms with van der Waals surface area (Å²) in [7, 11) is 0. The molecule has 1 aromatic carbocycles. The number of carbonyl (C=O) groups excluding carboxylic acids is 1. The lowest BCUT2D eigenvalue weighted by atomic mass is 9.96. The van der Waals surface area contributed by atoms with Gasteiger partial charge in [-0.15, -0.1) is 0 Å². The molecule has 0 bridgehead atoms. The lowest BCUT2D eigenvalue weighted by Gasteiger charge is -2.22. The summed E-state index contributed by atoms with van der Waals surface area (Å²) in [5.41, 5.74) is 1.77. The van der Waals surface area contributed by atoms with Crippen molar-refractivity contribution in [3.8, 4) is 0 Å². The van der Waals surface area contributed by atoms with E-state index in [2.05, 4.69) is 20.6 Å². The molecule has 1 unspecified atom stereocenters. The molecular formula is C22H21F3N4O. The number of benzene rings is 1. The van der Waals surface area contributed by atoms with Crippen LogP contribution in [0.2, 0.25) is 0 Å². The van der Waals surface area contributed by atoms with Gasteiger partial charge in [0.1, 0.15) is 0 Å². The van der Waals surface area contributed by atoms with Crippen molar-refractivity contribution >= 4 is 11.7 Å². The number of aryl methyl sites for hydroxylation is 1. The number of amides is 2. The van der Waals surface area contributed by atoms with Crippen LogP contribution in [0.4, 0.5) is 23.7 Å². The van der Waals surface area contributed by atoms with Crippen LogP contribution in [0.5, 0.6) is 0 Å². The van der Waals surface area contributed by atoms with Gasteiger partial charge in [-0.2, -0.15) is 13.2 Å². The lowest BCUT2D eigenvalue weighted by Crippen LogP contribution is -2.34. The molecule has 0 fully saturated rings. The number of nitrogens with zero attached hydrogens (tertiary/aromatic N) is 2. The molecule has 0 aliphatic rings. The van der Waals surface area contributed by atoms with E-state index < -0.39 is 23.8 Å². The standard InChI is InChI=1S/C22H21F3N4O/c1-2-5-15-6-3-13-27-19(15)20(16-8-10-17(11-9-16)22(23,24)25)29-21(30)28-18-7-4-12-26-14-18/h3-4,6-14,20H,2,5H2,1H3,(H2,28,29,30). The van der Waals surface area contributed by atoms with Crippen molar-refractivity contribution in [1.82, 2.24) is 15.3 Å². The average Bonchev–Trinajstić information content (AvgIpc) is 2.73. The largest absolute Gasteiger partial charge is 0.416 e. The summed E-state index contributed by atoms with van der Waals surface area (Å²) in [4.78, 5) is 21.0. The molecule has 2 heterocycles. The molecule has 1 atom stereocenters. The second-order valence-corrected chi connectivity index (χ2v) is 6.69. The maximum Gasteiger partial charge on any atom is 0.416 e. The van der Waals surface area contributed by atoms with E-state index in [1.807, 2.05) is 13.0 Å². The molecule has 5 nitrogen and oxygen atoms in total. The lowest BCUT2D eigenvalue weighted by molar-refractivity contribution is -0.137. The number of alkyl halides is 3. The van der Waals surface area contributed by atoms with Crippen molar-refractivity contribution in [2.24, 2.45) is 0 Å². The summed E-state index contributed by atoms with van der Waals surface area (Å²) >= 11 is 0. The van der Waals surface area contributed by atoms with Gasteiger partial charge in [-0.05, 0) is 47.9 Å². The van der Waals surface area contributed by atoms with E-state index in [1.54, 1.807) is 30.6 Å². The van der Waals surface area contributed by atoms with Gasteiger partial charge in [-0.1, -0.05) is 31.5 Å². The van der Waals surface area contributed by atoms with E-state index in [0.29, 0.717) is 16.9 Å². The van der Waals surface area contributed by atoms with Gasteiger partial charge < -0.3 is 10.6 Å². The summed E-state index contributed by atoms with van der Waals surface area (Å²) in [5.74, 6) is 0. The third-order valence-electron chi connectivity index (χ3n) is 4.49. The fourth-order valence-electron chi connectivity index (χ4n) is 3.10. The van der Waals surface area contributed by atoms with Crippen molar-refractivity contribution in [2.45, 2.75) is 32.0 Å². The zero-order chi connectivity index (χ0) is 21.6. The van der Waals surface area contributed by atoms with Crippen LogP contribution in [0.25, 0.3) is 0 Å². The Morgan fingerprint density at radius 2 is 1.80 bits per heavy atom. The highest BCUT2D eigenvalue weighted by atomic mass is 19.4. The number of hydrogen-bond acceptors (Lipinski definition) is 3. The van der Waals surface area contributed by atoms with Gasteiger partial charge in [-0.25, -0.2) is 4.79 Å². The number of nitrogens with one attached hydrogen (secondary N) is 2. The van der Waals surface area contributed by atoms with Gasteiger partial charge in [0.15, 0.2) is 0 Å². The number of urea groups is 1. The van der Waals surface area contributed by atoms with E-state index in [9.17, 15) is 18.0 Å². The molecule has 0 saturated heterocycles. The van der Waals surface area contributed by atoms with Crippen LogP contribution in [-0.2, 0) is 12.6 Å². The van der Waals surface area contributed by atoms with E-state index in [4.69, 9.17) is 0 Å². The maximum atomic E-state index is 13.0. The molecule has 2 N–H and O–H groups in total. The molecular weight excluding hydrogens is 393 g/mol. The molecule has 2 aromatic heterocycles. The second-order valence-electron chi connectivity index (χ2n) is 6.69. The van der Waals surface area contributed by atoms with Crippen LogP contribution >= 0.6 is 0 Å². The number of halogens is 3. The number of aromatic nitrogens is 2. The van der Waals surface area contributed by atoms with Crippen LogP contribution in [0.15, 0.2) is 67.1 Å². The SMILES string of the molecule is CCCc1cccnc1C(NC(=O)Nc1cccnc1)c1ccc(C(F)(F)F)cc1. The second kappa shape index (κ2) is 9.39. The van der Waals surface area contributed by atoms with Crippen molar-refractivity contribution in [3.63, 3.8) is 0 Å². The van der Waals surface area contributed by atoms with Crippen LogP contribution in [0.1, 0.15) is 41.8 Å². The van der Waals surface area contributed by atoms with Crippen molar-refractivity contribution in [2.75, 3.05) is 5.32 Å². The minimum absolute atomic E-state index is 0.496. The van der Waals surface area contributed by atoms with Gasteiger partial charge in [-0.3, -0.25) is 9.97 Å². The molecule has 0 saturated carbocycles. The van der Waals surface area contributed by atoms with Crippen LogP contribution < -0.4 is 10.6 Å². The zero-order valence-electron chi connectivity index (χ0n) is 16.3. The van der Waals surface area contributed by atoms with Gasteiger partial charge in [0.05, 0.1) is 29.2 Å². The smallest absolute Gasteiger partial charge is 0.325 e. The first-order chi connectivity index (χ1) is 14.4. The molecule has 0 aliphatic heterocycles. The van der Waals surface area contributed by atoms with Crippen molar-refractivity contribution < 1.29 is 18.0 Å². The van der Waals surface area contributed by atoms with E-state index in [1.165, 1.54) is 18.3 Å². The highest BCUT2D eigenvalue weighted by Crippen LogP contribution is 2.31. The quantitative estimate of drug-likeness (QED) is 0.571. The fourth-order valence-corrected chi connectivity index (χ4v) is 3.10. The predicted octanol–water partition coefficient (Wildman–Crippen LogP) is 5.36. The molecule has 156 valence electrons. The van der Waals surface area contributed by atoms with Gasteiger partial charge in [0, 0.05) is 12.4 Å². The van der Waals surface area contributed by atoms with Crippen LogP contribution in [0, 0.1) is 0 Å². The summed E-state index contributed by atoms with van der Waals surface area (Å²) in [6.45, 7) is 2.02. The van der Waals surface area contributed by atoms with Gasteiger partial charge >= 0.3 is 12.2 Å². The topological polar surface area (TPSA) is 66.9 Å². The fraction of sp³-hybridized carbons (Fsp3) is 0.227. The number of pyridine rings is 2. The third kappa shape index (κ3) is 5.34. The molecule has 0 radical (unpaired) electrons. The predicted molar refractivity (Wildman–Crippen MR) is 108 cm³/mol. The Hall–Kier alpha value is -3.42. The number of hydrogen-bond donors (Lipinski definition) is 2. The first kappa shape index (κ1) is 21.3. The Kier molecular flexibility index (Phi) is 6.66. The van der Waals surface area contributed by atoms with E-state index >= 15 is 0 Å². The Balaban J connectivity index is 1.94. The molecule has 3 aromatic rings. The highest BCUT2D eigenvalue weighted by Gasteiger charge is 2.31. The van der Waals surface area contributed by atoms with E-state index in [0.717, 1.165) is 30.5 Å². The number of rotatable bonds is 6. The molecule has 30 heavy (non-hydrogen) atoms. The molecule has 2 amide bonds. The summed E-state index contributed by atoms with van der Waals surface area (Å²) in [5, 5.41) is 5.51. The Morgan fingerprint density at radius 1 is 1.07 bits per heavy atom. The van der Waals surface area contributed by atoms with Crippen molar-refractivity contribution in [1.29, 1.82) is 0 Å². The van der Waals surface area contributed by atoms with Gasteiger partial charge in [0.2, 0.25) is 0 Å². The molecule has 8 heteroatoms. The molecule has 0 spiro atoms. The summed E-state index contributed by atoms with van der Waals surface area (Å²) in [6, 6.07) is 10.6. The number of anilines is 1. The highest BCUT2D eigenvalue weighted by molar-refractivity contribution is 5.89. The van der Waals surface area contributed by atoms with E-state index in [-0.39, 0.29) is 0 Å². The molecule has 3 rings (SSSR count). The molecule has 0 aliphatic carbocycles. The minimum Gasteiger partial charge on any atom is -0.325 e. The first-order valence-electron chi connectivity index (χ1n) is 9.47. The Bertz CT molecular complexity index is 976. The van der Waals surface area contributed by atoms with Crippen LogP contribution in [-0.4, -0.2) is 16.0 Å². The van der Waals surface area contributed by atoms with Crippen molar-refractivity contribution in [3.05, 3.63) is 89.5 Å². The normalized spacial score (nSPS) is 12.3. The Labute approximate surface area is 172 Å². The van der Waals surface area contributed by atoms with Gasteiger partial charge in [0.25, 0.3) is 0 Å². The monoisotopic (exact) mass is 414 g/mol.